The normalized spacial score (nSPS) is 14.9. The summed E-state index contributed by atoms with van der Waals surface area (Å²) in [6, 6.07) is 9.67. The molecule has 1 aliphatic rings. The maximum atomic E-state index is 13.2. The van der Waals surface area contributed by atoms with Crippen molar-refractivity contribution in [1.29, 1.82) is 0 Å². The standard InChI is InChI=1S/C25H21ClF2N4O5/c1-2-19(22(34)29-15-6-3-13(4-7-15)25(35)36)32-10-9-16(20(33)12-32)18-11-14(26)5-8-17(18)23-30-31-24(37-23)21(27)28/h3-9,11,19,21H,2,10,12H2,1H3,(H,29,34)(H,35,36). The smallest absolute Gasteiger partial charge is 0.335 e. The molecule has 37 heavy (non-hydrogen) atoms. The number of benzene rings is 2. The number of aromatic nitrogens is 2. The highest BCUT2D eigenvalue weighted by Gasteiger charge is 2.31. The van der Waals surface area contributed by atoms with E-state index in [9.17, 15) is 23.2 Å². The first-order chi connectivity index (χ1) is 17.7. The van der Waals surface area contributed by atoms with Crippen LogP contribution in [0.25, 0.3) is 17.0 Å². The minimum absolute atomic E-state index is 0.0756. The zero-order chi connectivity index (χ0) is 26.7. The Morgan fingerprint density at radius 3 is 2.49 bits per heavy atom. The molecule has 1 aromatic heterocycles. The van der Waals surface area contributed by atoms with Gasteiger partial charge in [0.1, 0.15) is 0 Å². The number of Topliss-reactive ketones (excluding diaryl/α,β-unsaturated/α-hetero) is 1. The van der Waals surface area contributed by atoms with Crippen molar-refractivity contribution in [2.45, 2.75) is 25.8 Å². The molecule has 1 unspecified atom stereocenters. The van der Waals surface area contributed by atoms with Crippen LogP contribution in [0.4, 0.5) is 14.5 Å². The van der Waals surface area contributed by atoms with E-state index in [1.165, 1.54) is 42.5 Å². The molecule has 0 bridgehead atoms. The van der Waals surface area contributed by atoms with Crippen molar-refractivity contribution < 1.29 is 32.7 Å². The molecule has 0 radical (unpaired) electrons. The molecule has 192 valence electrons. The molecule has 0 saturated carbocycles. The highest BCUT2D eigenvalue weighted by Crippen LogP contribution is 2.34. The van der Waals surface area contributed by atoms with Gasteiger partial charge < -0.3 is 14.8 Å². The zero-order valence-electron chi connectivity index (χ0n) is 19.5. The second-order valence-corrected chi connectivity index (χ2v) is 8.64. The van der Waals surface area contributed by atoms with Gasteiger partial charge in [0, 0.05) is 28.4 Å². The van der Waals surface area contributed by atoms with Crippen molar-refractivity contribution in [1.82, 2.24) is 15.1 Å². The molecular formula is C25H21ClF2N4O5. The molecule has 1 atom stereocenters. The van der Waals surface area contributed by atoms with Gasteiger partial charge in [0.05, 0.1) is 18.2 Å². The van der Waals surface area contributed by atoms with E-state index in [0.29, 0.717) is 28.3 Å². The Kier molecular flexibility index (Phi) is 7.74. The second-order valence-electron chi connectivity index (χ2n) is 8.20. The Labute approximate surface area is 214 Å². The Balaban J connectivity index is 1.55. The molecule has 0 aliphatic carbocycles. The first-order valence-electron chi connectivity index (χ1n) is 11.2. The number of carboxylic acid groups (broad SMARTS) is 1. The van der Waals surface area contributed by atoms with Crippen LogP contribution >= 0.6 is 11.6 Å². The third kappa shape index (κ3) is 5.73. The molecule has 2 N–H and O–H groups in total. The minimum atomic E-state index is -2.94. The first kappa shape index (κ1) is 26.1. The summed E-state index contributed by atoms with van der Waals surface area (Å²) >= 11 is 6.15. The lowest BCUT2D eigenvalue weighted by molar-refractivity contribution is -0.123. The third-order valence-electron chi connectivity index (χ3n) is 5.84. The SMILES string of the molecule is CCC(C(=O)Nc1ccc(C(=O)O)cc1)N1CC=C(c2cc(Cl)ccc2-c2nnc(C(F)F)o2)C(=O)C1. The lowest BCUT2D eigenvalue weighted by Crippen LogP contribution is -2.48. The fourth-order valence-electron chi connectivity index (χ4n) is 4.04. The van der Waals surface area contributed by atoms with Crippen LogP contribution in [0, 0.1) is 0 Å². The van der Waals surface area contributed by atoms with Crippen LogP contribution in [-0.4, -0.2) is 57.0 Å². The number of hydrogen-bond acceptors (Lipinski definition) is 7. The van der Waals surface area contributed by atoms with Crippen molar-refractivity contribution in [2.24, 2.45) is 0 Å². The Bertz CT molecular complexity index is 1370. The number of aromatic carboxylic acids is 1. The predicted octanol–water partition coefficient (Wildman–Crippen LogP) is 4.71. The number of nitrogens with one attached hydrogen (secondary N) is 1. The summed E-state index contributed by atoms with van der Waals surface area (Å²) in [5, 5.41) is 19.1. The van der Waals surface area contributed by atoms with Crippen molar-refractivity contribution >= 4 is 40.5 Å². The van der Waals surface area contributed by atoms with Crippen LogP contribution in [-0.2, 0) is 9.59 Å². The number of nitrogens with zero attached hydrogens (tertiary/aromatic N) is 3. The van der Waals surface area contributed by atoms with Crippen molar-refractivity contribution in [3.8, 4) is 11.5 Å². The number of amides is 1. The molecule has 9 nitrogen and oxygen atoms in total. The number of hydrogen-bond donors (Lipinski definition) is 2. The van der Waals surface area contributed by atoms with E-state index in [4.69, 9.17) is 21.1 Å². The Hall–Kier alpha value is -3.96. The average molecular weight is 531 g/mol. The number of carboxylic acids is 1. The van der Waals surface area contributed by atoms with Gasteiger partial charge in [0.2, 0.25) is 11.8 Å². The largest absolute Gasteiger partial charge is 0.478 e. The molecular weight excluding hydrogens is 510 g/mol. The molecule has 2 heterocycles. The van der Waals surface area contributed by atoms with Crippen LogP contribution in [0.15, 0.2) is 53.0 Å². The van der Waals surface area contributed by atoms with Gasteiger partial charge in [-0.15, -0.1) is 10.2 Å². The minimum Gasteiger partial charge on any atom is -0.478 e. The lowest BCUT2D eigenvalue weighted by Gasteiger charge is -2.32. The van der Waals surface area contributed by atoms with Crippen LogP contribution in [0.2, 0.25) is 5.02 Å². The van der Waals surface area contributed by atoms with Crippen molar-refractivity contribution in [3.63, 3.8) is 0 Å². The van der Waals surface area contributed by atoms with E-state index in [1.54, 1.807) is 11.0 Å². The summed E-state index contributed by atoms with van der Waals surface area (Å²) in [4.78, 5) is 38.9. The first-order valence-corrected chi connectivity index (χ1v) is 11.6. The van der Waals surface area contributed by atoms with Crippen LogP contribution in [0.3, 0.4) is 0 Å². The van der Waals surface area contributed by atoms with E-state index in [-0.39, 0.29) is 41.8 Å². The van der Waals surface area contributed by atoms with Gasteiger partial charge in [-0.2, -0.15) is 8.78 Å². The van der Waals surface area contributed by atoms with Crippen LogP contribution < -0.4 is 5.32 Å². The van der Waals surface area contributed by atoms with E-state index < -0.39 is 24.3 Å². The summed E-state index contributed by atoms with van der Waals surface area (Å²) in [6.45, 7) is 1.99. The van der Waals surface area contributed by atoms with Crippen LogP contribution in [0.5, 0.6) is 0 Å². The molecule has 3 aromatic rings. The number of rotatable bonds is 8. The fourth-order valence-corrected chi connectivity index (χ4v) is 4.21. The van der Waals surface area contributed by atoms with Gasteiger partial charge in [0.25, 0.3) is 5.89 Å². The maximum Gasteiger partial charge on any atom is 0.335 e. The van der Waals surface area contributed by atoms with Gasteiger partial charge in [-0.1, -0.05) is 24.6 Å². The van der Waals surface area contributed by atoms with E-state index in [0.717, 1.165) is 0 Å². The fraction of sp³-hybridized carbons (Fsp3) is 0.240. The molecule has 1 aliphatic heterocycles. The second kappa shape index (κ2) is 11.0. The number of ketones is 1. The summed E-state index contributed by atoms with van der Waals surface area (Å²) in [7, 11) is 0. The number of anilines is 1. The van der Waals surface area contributed by atoms with Gasteiger partial charge in [-0.25, -0.2) is 4.79 Å². The average Bonchev–Trinajstić information content (AvgIpc) is 3.35. The number of carbonyl (C=O) groups is 3. The summed E-state index contributed by atoms with van der Waals surface area (Å²) in [6.07, 6.45) is -0.882. The Morgan fingerprint density at radius 2 is 1.89 bits per heavy atom. The summed E-state index contributed by atoms with van der Waals surface area (Å²) < 4.78 is 30.9. The Morgan fingerprint density at radius 1 is 1.16 bits per heavy atom. The molecule has 1 amide bonds. The lowest BCUT2D eigenvalue weighted by atomic mass is 9.93. The van der Waals surface area contributed by atoms with Gasteiger partial charge in [-0.05, 0) is 54.4 Å². The van der Waals surface area contributed by atoms with Crippen LogP contribution in [0.1, 0.15) is 41.6 Å². The number of alkyl halides is 2. The number of halogens is 3. The molecule has 0 fully saturated rings. The van der Waals surface area contributed by atoms with Gasteiger partial charge >= 0.3 is 12.4 Å². The van der Waals surface area contributed by atoms with E-state index in [1.807, 2.05) is 6.92 Å². The molecule has 0 spiro atoms. The topological polar surface area (TPSA) is 126 Å². The molecule has 4 rings (SSSR count). The van der Waals surface area contributed by atoms with E-state index >= 15 is 0 Å². The van der Waals surface area contributed by atoms with Gasteiger partial charge in [-0.3, -0.25) is 14.5 Å². The monoisotopic (exact) mass is 530 g/mol. The highest BCUT2D eigenvalue weighted by atomic mass is 35.5. The number of carbonyl (C=O) groups excluding carboxylic acids is 2. The quantitative estimate of drug-likeness (QED) is 0.429. The van der Waals surface area contributed by atoms with Gasteiger partial charge in [0.15, 0.2) is 5.78 Å². The van der Waals surface area contributed by atoms with E-state index in [2.05, 4.69) is 15.5 Å². The zero-order valence-corrected chi connectivity index (χ0v) is 20.2. The van der Waals surface area contributed by atoms with Crippen molar-refractivity contribution in [2.75, 3.05) is 18.4 Å². The molecule has 0 saturated heterocycles. The summed E-state index contributed by atoms with van der Waals surface area (Å²) in [5.74, 6) is -2.72. The predicted molar refractivity (Wildman–Crippen MR) is 130 cm³/mol. The third-order valence-corrected chi connectivity index (χ3v) is 6.07. The highest BCUT2D eigenvalue weighted by molar-refractivity contribution is 6.31. The summed E-state index contributed by atoms with van der Waals surface area (Å²) in [5.41, 5.74) is 1.46. The maximum absolute atomic E-state index is 13.2. The van der Waals surface area contributed by atoms with Crippen molar-refractivity contribution in [3.05, 3.63) is 70.6 Å². The molecule has 2 aromatic carbocycles. The molecule has 12 heteroatoms.